The van der Waals surface area contributed by atoms with Gasteiger partial charge in [-0.3, -0.25) is 13.8 Å². The van der Waals surface area contributed by atoms with Gasteiger partial charge in [-0.05, 0) is 80.1 Å². The van der Waals surface area contributed by atoms with E-state index in [1.165, 1.54) is 20.1 Å². The number of para-hydroxylation sites is 5. The highest BCUT2D eigenvalue weighted by Gasteiger charge is 2.15. The minimum atomic E-state index is -2.66. The van der Waals surface area contributed by atoms with Crippen LogP contribution in [0, 0.1) is 4.78 Å². The zero-order valence-electron chi connectivity index (χ0n) is 35.4. The number of amides is 2. The van der Waals surface area contributed by atoms with Gasteiger partial charge in [-0.2, -0.15) is 4.36 Å². The molecule has 344 valence electrons. The number of nitrogen functional groups attached to an aromatic ring is 2. The molecule has 20 heteroatoms. The van der Waals surface area contributed by atoms with Gasteiger partial charge in [-0.15, -0.1) is 23.5 Å². The number of fused-ring (bicyclic) bond motifs is 1. The second-order valence-corrected chi connectivity index (χ2v) is 21.8. The van der Waals surface area contributed by atoms with E-state index >= 15 is 0 Å². The summed E-state index contributed by atoms with van der Waals surface area (Å²) in [7, 11) is -5.98. The minimum absolute atomic E-state index is 0. The molecule has 63 heavy (non-hydrogen) atoms. The summed E-state index contributed by atoms with van der Waals surface area (Å²) >= 11 is 17.7. The van der Waals surface area contributed by atoms with Crippen LogP contribution in [0.1, 0.15) is 28.2 Å². The summed E-state index contributed by atoms with van der Waals surface area (Å²) in [6, 6.07) is 36.8. The van der Waals surface area contributed by atoms with Gasteiger partial charge in [0.05, 0.1) is 62.0 Å². The van der Waals surface area contributed by atoms with Gasteiger partial charge in [0.1, 0.15) is 5.84 Å². The Morgan fingerprint density at radius 1 is 0.762 bits per heavy atom. The number of anilines is 4. The van der Waals surface area contributed by atoms with Crippen molar-refractivity contribution in [3.63, 3.8) is 0 Å². The molecular formula is C43H56Cl3N7O5S5. The molecule has 0 radical (unpaired) electrons. The second kappa shape index (κ2) is 30.1. The summed E-state index contributed by atoms with van der Waals surface area (Å²) < 4.78 is 44.9. The summed E-state index contributed by atoms with van der Waals surface area (Å²) in [5.74, 6) is 0.403. The molecule has 0 aromatic heterocycles. The predicted octanol–water partition coefficient (Wildman–Crippen LogP) is 11.9. The molecule has 5 aromatic carbocycles. The third kappa shape index (κ3) is 23.4. The molecule has 5 aromatic rings. The zero-order valence-corrected chi connectivity index (χ0v) is 41.7. The van der Waals surface area contributed by atoms with Crippen molar-refractivity contribution in [2.75, 3.05) is 53.4 Å². The Morgan fingerprint density at radius 3 is 1.65 bits per heavy atom. The van der Waals surface area contributed by atoms with Gasteiger partial charge in [-0.25, -0.2) is 18.2 Å². The Kier molecular flexibility index (Phi) is 28.2. The largest absolute Gasteiger partial charge is 0.398 e. The first-order chi connectivity index (χ1) is 29.0. The number of nitrogens with zero attached hydrogens (tertiary/aromatic N) is 2. The first-order valence-corrected chi connectivity index (χ1v) is 27.1. The van der Waals surface area contributed by atoms with Crippen LogP contribution in [-0.2, 0) is 39.8 Å². The molecule has 1 heterocycles. The maximum atomic E-state index is 12.0. The van der Waals surface area contributed by atoms with E-state index in [1.54, 1.807) is 91.5 Å². The average Bonchev–Trinajstić information content (AvgIpc) is 3.18. The highest BCUT2D eigenvalue weighted by molar-refractivity contribution is 7.99. The predicted molar refractivity (Wildman–Crippen MR) is 276 cm³/mol. The van der Waals surface area contributed by atoms with Gasteiger partial charge in [0.15, 0.2) is 4.30 Å². The smallest absolute Gasteiger partial charge is 0.221 e. The van der Waals surface area contributed by atoms with Crippen LogP contribution in [0.3, 0.4) is 0 Å². The van der Waals surface area contributed by atoms with Crippen LogP contribution in [0.15, 0.2) is 155 Å². The molecule has 6 rings (SSSR count). The van der Waals surface area contributed by atoms with Crippen LogP contribution < -0.4 is 22.1 Å². The number of benzene rings is 5. The summed E-state index contributed by atoms with van der Waals surface area (Å²) in [5, 5.41) is 5.39. The number of thioether (sulfide) groups is 2. The number of aliphatic imine (C=N–C) groups is 1. The minimum Gasteiger partial charge on any atom is -0.398 e. The van der Waals surface area contributed by atoms with E-state index < -0.39 is 34.6 Å². The maximum absolute atomic E-state index is 12.0. The van der Waals surface area contributed by atoms with Crippen molar-refractivity contribution in [2.24, 2.45) is 9.36 Å². The summed E-state index contributed by atoms with van der Waals surface area (Å²) in [4.78, 5) is 29.8. The van der Waals surface area contributed by atoms with E-state index in [0.29, 0.717) is 27.0 Å². The average molecular weight is 1020 g/mol. The number of nitrogens with two attached hydrogens (primary N) is 2. The van der Waals surface area contributed by atoms with E-state index in [1.807, 2.05) is 85.3 Å². The number of hydrogen-bond donors (Lipinski definition) is 5. The number of alkyl halides is 3. The molecule has 12 nitrogen and oxygen atoms in total. The number of halogens is 3. The van der Waals surface area contributed by atoms with Crippen molar-refractivity contribution < 1.29 is 22.2 Å². The zero-order chi connectivity index (χ0) is 47.0. The second-order valence-electron chi connectivity index (χ2n) is 12.4. The van der Waals surface area contributed by atoms with Crippen LogP contribution >= 0.6 is 58.3 Å². The van der Waals surface area contributed by atoms with E-state index in [2.05, 4.69) is 20.0 Å². The summed E-state index contributed by atoms with van der Waals surface area (Å²) in [6.45, 7) is 4.70. The number of rotatable bonds is 6. The Hall–Kier alpha value is -4.07. The lowest BCUT2D eigenvalue weighted by atomic mass is 10.3. The van der Waals surface area contributed by atoms with Gasteiger partial charge < -0.3 is 22.1 Å². The lowest BCUT2D eigenvalue weighted by Gasteiger charge is -2.12. The molecule has 0 spiro atoms. The van der Waals surface area contributed by atoms with Crippen LogP contribution in [0.2, 0.25) is 0 Å². The molecule has 1 aliphatic rings. The van der Waals surface area contributed by atoms with Crippen molar-refractivity contribution in [3.05, 3.63) is 121 Å². The van der Waals surface area contributed by atoms with Gasteiger partial charge in [0.2, 0.25) is 11.8 Å². The normalized spacial score (nSPS) is 14.3. The van der Waals surface area contributed by atoms with Crippen LogP contribution in [0.4, 0.5) is 28.4 Å². The third-order valence-electron chi connectivity index (χ3n) is 7.26. The van der Waals surface area contributed by atoms with Gasteiger partial charge in [0, 0.05) is 53.8 Å². The van der Waals surface area contributed by atoms with Gasteiger partial charge in [0.25, 0.3) is 0 Å². The Bertz CT molecular complexity index is 2530. The molecule has 7 N–H and O–H groups in total. The number of hydrogen-bond acceptors (Lipinski definition) is 12. The summed E-state index contributed by atoms with van der Waals surface area (Å²) in [5.41, 5.74) is 14.7. The van der Waals surface area contributed by atoms with Crippen molar-refractivity contribution >= 4 is 135 Å². The van der Waals surface area contributed by atoms with Crippen molar-refractivity contribution in [1.29, 1.82) is 4.78 Å². The Balaban J connectivity index is 0.000000747. The SMILES string of the molecule is C.CC(=O)Nc1ccccc1S(C)=O.CC1=Nc2ccccc2S(C)(=O)=N1.CS(=N)(=O)c1ccccc1N.CSc1ccccc1N.CSc1ccccc1NC(C)=O.ClC(Cl)Cl. The standard InChI is InChI=1S/C9H10N2OS.C9H11NO2S.C9H11NOS.C7H10N2OS.C7H9NS.CHCl3.CH4/c1-7-10-8-5-3-4-6-9(8)13(2,12)11-7;1-7(11)10-8-5-3-4-6-9(8)13(2)12;1-7(11)10-8-5-3-4-6-9(8)12-2;1-11(9,10)7-5-3-2-4-6(7)8;1-9-7-5-3-2-4-6(7)8;2-1(3)4;/h3-6H,1-2H3;3-6H,1-2H3,(H,10,11);3-6H,1-2H3,(H,10,11);2-5,9H,8H2,1H3;2-5H,8H2,1H3;1H;1H4. The lowest BCUT2D eigenvalue weighted by Crippen LogP contribution is -2.08. The molecule has 2 amide bonds. The van der Waals surface area contributed by atoms with E-state index in [-0.39, 0.29) is 19.2 Å². The van der Waals surface area contributed by atoms with E-state index in [4.69, 9.17) is 51.0 Å². The first kappa shape index (κ1) is 58.9. The van der Waals surface area contributed by atoms with Gasteiger partial charge >= 0.3 is 0 Å². The Morgan fingerprint density at radius 2 is 1.19 bits per heavy atom. The molecule has 0 saturated heterocycles. The fourth-order valence-electron chi connectivity index (χ4n) is 4.82. The fraction of sp³-hybridized carbons (Fsp3) is 0.233. The lowest BCUT2D eigenvalue weighted by molar-refractivity contribution is -0.115. The number of carbonyl (C=O) groups is 2. The number of carbonyl (C=O) groups excluding carboxylic acids is 2. The number of amidine groups is 1. The molecule has 0 fully saturated rings. The van der Waals surface area contributed by atoms with Crippen molar-refractivity contribution in [3.8, 4) is 0 Å². The van der Waals surface area contributed by atoms with Crippen LogP contribution in [0.5, 0.6) is 0 Å². The molecule has 0 saturated carbocycles. The summed E-state index contributed by atoms with van der Waals surface area (Å²) in [6.07, 6.45) is 8.59. The molecular weight excluding hydrogens is 961 g/mol. The maximum Gasteiger partial charge on any atom is 0.221 e. The van der Waals surface area contributed by atoms with Crippen molar-refractivity contribution in [2.45, 2.75) is 57.0 Å². The highest BCUT2D eigenvalue weighted by Crippen LogP contribution is 2.29. The number of nitrogens with one attached hydrogen (secondary N) is 3. The quantitative estimate of drug-likeness (QED) is 0.0621. The van der Waals surface area contributed by atoms with Gasteiger partial charge in [-0.1, -0.05) is 103 Å². The highest BCUT2D eigenvalue weighted by atomic mass is 35.6. The van der Waals surface area contributed by atoms with E-state index in [0.717, 1.165) is 31.7 Å². The van der Waals surface area contributed by atoms with Crippen LogP contribution in [-0.4, -0.2) is 65.9 Å². The fourth-order valence-corrected chi connectivity index (χ4v) is 8.92. The molecule has 3 unspecified atom stereocenters. The monoisotopic (exact) mass is 1020 g/mol. The Labute approximate surface area is 399 Å². The molecule has 0 bridgehead atoms. The molecule has 3 atom stereocenters. The molecule has 1 aliphatic heterocycles. The van der Waals surface area contributed by atoms with Crippen LogP contribution in [0.25, 0.3) is 0 Å². The first-order valence-electron chi connectivity index (χ1n) is 17.9. The van der Waals surface area contributed by atoms with E-state index in [9.17, 15) is 22.2 Å². The molecule has 0 aliphatic carbocycles. The topological polar surface area (TPSA) is 210 Å². The van der Waals surface area contributed by atoms with Crippen molar-refractivity contribution in [1.82, 2.24) is 0 Å². The third-order valence-corrected chi connectivity index (χ3v) is 12.8.